The van der Waals surface area contributed by atoms with Crippen LogP contribution in [0.15, 0.2) is 58.8 Å². The van der Waals surface area contributed by atoms with Gasteiger partial charge in [0.25, 0.3) is 0 Å². The number of aromatic nitrogens is 5. The van der Waals surface area contributed by atoms with Gasteiger partial charge < -0.3 is 19.6 Å². The van der Waals surface area contributed by atoms with Gasteiger partial charge >= 0.3 is 5.82 Å². The maximum absolute atomic E-state index is 11.8. The number of rotatable bonds is 7. The highest BCUT2D eigenvalue weighted by Crippen LogP contribution is 2.36. The van der Waals surface area contributed by atoms with Gasteiger partial charge in [0.1, 0.15) is 5.75 Å². The maximum atomic E-state index is 11.8. The molecular formula is C21H20N6O4S. The van der Waals surface area contributed by atoms with Crippen molar-refractivity contribution in [2.24, 2.45) is 0 Å². The van der Waals surface area contributed by atoms with E-state index in [2.05, 4.69) is 15.2 Å². The first-order valence-corrected chi connectivity index (χ1v) is 10.9. The number of nitrogens with zero attached hydrogens (tertiary/aromatic N) is 6. The normalized spacial score (nSPS) is 16.0. The molecule has 4 aromatic rings. The lowest BCUT2D eigenvalue weighted by molar-refractivity contribution is -0.393. The number of nitro groups is 1. The molecule has 10 nitrogen and oxygen atoms in total. The molecule has 0 aliphatic carbocycles. The SMILES string of the molecule is COc1ccc(-c2nnc(Sc3nc4ccccn4c3[N+](=O)[O-])n2CC2CCCO2)cc1. The molecule has 0 radical (unpaired) electrons. The molecule has 1 fully saturated rings. The van der Waals surface area contributed by atoms with Crippen LogP contribution in [0.25, 0.3) is 17.0 Å². The van der Waals surface area contributed by atoms with Crippen LogP contribution >= 0.6 is 11.8 Å². The van der Waals surface area contributed by atoms with E-state index < -0.39 is 4.92 Å². The van der Waals surface area contributed by atoms with Crippen LogP contribution in [0.1, 0.15) is 12.8 Å². The Kier molecular flexibility index (Phi) is 5.50. The molecule has 1 aromatic carbocycles. The third-order valence-corrected chi connectivity index (χ3v) is 6.26. The molecule has 0 amide bonds. The van der Waals surface area contributed by atoms with Crippen LogP contribution in [0.2, 0.25) is 0 Å². The fraction of sp³-hybridized carbons (Fsp3) is 0.286. The standard InChI is InChI=1S/C21H20N6O4S/c1-30-15-9-7-14(8-10-15)18-23-24-21(26(18)13-16-5-4-12-31-16)32-19-20(27(28)29)25-11-3-2-6-17(25)22-19/h2-3,6-11,16H,4-5,12-13H2,1H3. The first kappa shape index (κ1) is 20.5. The molecule has 0 bridgehead atoms. The minimum Gasteiger partial charge on any atom is -0.497 e. The second-order valence-electron chi connectivity index (χ2n) is 7.31. The Morgan fingerprint density at radius 3 is 2.81 bits per heavy atom. The summed E-state index contributed by atoms with van der Waals surface area (Å²) in [5.41, 5.74) is 1.37. The number of ether oxygens (including phenoxy) is 2. The lowest BCUT2D eigenvalue weighted by Crippen LogP contribution is -2.16. The van der Waals surface area contributed by atoms with Gasteiger partial charge in [-0.3, -0.25) is 4.57 Å². The summed E-state index contributed by atoms with van der Waals surface area (Å²) in [6.07, 6.45) is 3.62. The van der Waals surface area contributed by atoms with Crippen molar-refractivity contribution < 1.29 is 14.4 Å². The molecule has 1 atom stereocenters. The molecule has 1 saturated heterocycles. The zero-order valence-corrected chi connectivity index (χ0v) is 18.1. The van der Waals surface area contributed by atoms with Crippen molar-refractivity contribution >= 4 is 23.2 Å². The summed E-state index contributed by atoms with van der Waals surface area (Å²) in [5, 5.41) is 21.3. The molecule has 0 spiro atoms. The average molecular weight is 452 g/mol. The summed E-state index contributed by atoms with van der Waals surface area (Å²) in [6.45, 7) is 1.28. The van der Waals surface area contributed by atoms with Crippen molar-refractivity contribution in [1.29, 1.82) is 0 Å². The third kappa shape index (κ3) is 3.80. The summed E-state index contributed by atoms with van der Waals surface area (Å²) in [5.74, 6) is 1.31. The minimum atomic E-state index is -0.423. The molecule has 5 rings (SSSR count). The number of methoxy groups -OCH3 is 1. The van der Waals surface area contributed by atoms with Crippen LogP contribution in [0.4, 0.5) is 5.82 Å². The highest BCUT2D eigenvalue weighted by molar-refractivity contribution is 7.99. The van der Waals surface area contributed by atoms with Crippen molar-refractivity contribution in [1.82, 2.24) is 24.1 Å². The van der Waals surface area contributed by atoms with Gasteiger partial charge in [-0.15, -0.1) is 10.2 Å². The van der Waals surface area contributed by atoms with Crippen molar-refractivity contribution in [3.63, 3.8) is 0 Å². The number of benzene rings is 1. The van der Waals surface area contributed by atoms with Gasteiger partial charge in [0.15, 0.2) is 11.0 Å². The van der Waals surface area contributed by atoms with Gasteiger partial charge in [-0.2, -0.15) is 9.38 Å². The lowest BCUT2D eigenvalue weighted by atomic mass is 10.2. The number of fused-ring (bicyclic) bond motifs is 1. The number of hydrogen-bond donors (Lipinski definition) is 0. The van der Waals surface area contributed by atoms with Crippen LogP contribution in [0, 0.1) is 10.1 Å². The zero-order chi connectivity index (χ0) is 22.1. The summed E-state index contributed by atoms with van der Waals surface area (Å²) in [7, 11) is 1.62. The van der Waals surface area contributed by atoms with E-state index in [0.29, 0.717) is 23.2 Å². The summed E-state index contributed by atoms with van der Waals surface area (Å²) in [4.78, 5) is 15.8. The third-order valence-electron chi connectivity index (χ3n) is 5.31. The predicted octanol–water partition coefficient (Wildman–Crippen LogP) is 3.84. The molecule has 32 heavy (non-hydrogen) atoms. The molecule has 1 aliphatic rings. The number of imidazole rings is 1. The predicted molar refractivity (Wildman–Crippen MR) is 117 cm³/mol. The molecule has 1 unspecified atom stereocenters. The first-order valence-electron chi connectivity index (χ1n) is 10.1. The van der Waals surface area contributed by atoms with Gasteiger partial charge in [-0.05, 0) is 59.9 Å². The molecule has 0 N–H and O–H groups in total. The quantitative estimate of drug-likeness (QED) is 0.307. The van der Waals surface area contributed by atoms with Gasteiger partial charge in [0.2, 0.25) is 10.7 Å². The van der Waals surface area contributed by atoms with Crippen LogP contribution < -0.4 is 4.74 Å². The van der Waals surface area contributed by atoms with Gasteiger partial charge in [-0.25, -0.2) is 0 Å². The molecule has 164 valence electrons. The van der Waals surface area contributed by atoms with Crippen LogP contribution in [-0.2, 0) is 11.3 Å². The lowest BCUT2D eigenvalue weighted by Gasteiger charge is -2.14. The van der Waals surface area contributed by atoms with Gasteiger partial charge in [-0.1, -0.05) is 6.07 Å². The Morgan fingerprint density at radius 2 is 2.09 bits per heavy atom. The van der Waals surface area contributed by atoms with Crippen LogP contribution in [0.5, 0.6) is 5.75 Å². The molecule has 11 heteroatoms. The topological polar surface area (TPSA) is 110 Å². The monoisotopic (exact) mass is 452 g/mol. The highest BCUT2D eigenvalue weighted by Gasteiger charge is 2.27. The van der Waals surface area contributed by atoms with Crippen molar-refractivity contribution in [3.8, 4) is 17.1 Å². The number of hydrogen-bond acceptors (Lipinski definition) is 8. The van der Waals surface area contributed by atoms with E-state index in [0.717, 1.165) is 42.5 Å². The number of pyridine rings is 1. The van der Waals surface area contributed by atoms with E-state index in [1.54, 1.807) is 31.5 Å². The molecule has 3 aromatic heterocycles. The Hall–Kier alpha value is -3.44. The van der Waals surface area contributed by atoms with E-state index in [9.17, 15) is 10.1 Å². The maximum Gasteiger partial charge on any atom is 0.362 e. The molecule has 1 aliphatic heterocycles. The van der Waals surface area contributed by atoms with Crippen molar-refractivity contribution in [2.75, 3.05) is 13.7 Å². The smallest absolute Gasteiger partial charge is 0.362 e. The fourth-order valence-electron chi connectivity index (χ4n) is 3.76. The van der Waals surface area contributed by atoms with E-state index >= 15 is 0 Å². The second-order valence-corrected chi connectivity index (χ2v) is 8.26. The van der Waals surface area contributed by atoms with E-state index in [1.165, 1.54) is 4.40 Å². The average Bonchev–Trinajstić information content (AvgIpc) is 3.53. The summed E-state index contributed by atoms with van der Waals surface area (Å²) >= 11 is 1.14. The van der Waals surface area contributed by atoms with Crippen LogP contribution in [0.3, 0.4) is 0 Å². The Balaban J connectivity index is 1.56. The Bertz CT molecular complexity index is 1260. The largest absolute Gasteiger partial charge is 0.497 e. The Labute approximate surface area is 187 Å². The minimum absolute atomic E-state index is 0.0402. The molecule has 4 heterocycles. The second kappa shape index (κ2) is 8.60. The first-order chi connectivity index (χ1) is 15.6. The summed E-state index contributed by atoms with van der Waals surface area (Å²) < 4.78 is 14.5. The zero-order valence-electron chi connectivity index (χ0n) is 17.2. The molecular weight excluding hydrogens is 432 g/mol. The van der Waals surface area contributed by atoms with Crippen molar-refractivity contribution in [2.45, 2.75) is 35.7 Å². The van der Waals surface area contributed by atoms with Crippen LogP contribution in [-0.4, -0.2) is 48.9 Å². The fourth-order valence-corrected chi connectivity index (χ4v) is 4.69. The molecule has 0 saturated carbocycles. The van der Waals surface area contributed by atoms with Gasteiger partial charge in [0.05, 0.1) is 26.0 Å². The van der Waals surface area contributed by atoms with Crippen molar-refractivity contribution in [3.05, 3.63) is 58.8 Å². The summed E-state index contributed by atoms with van der Waals surface area (Å²) in [6, 6.07) is 12.8. The van der Waals surface area contributed by atoms with Gasteiger partial charge in [0, 0.05) is 18.2 Å². The van der Waals surface area contributed by atoms with E-state index in [-0.39, 0.29) is 16.9 Å². The Morgan fingerprint density at radius 1 is 1.25 bits per heavy atom. The van der Waals surface area contributed by atoms with E-state index in [1.807, 2.05) is 28.8 Å². The highest BCUT2D eigenvalue weighted by atomic mass is 32.2. The van der Waals surface area contributed by atoms with E-state index in [4.69, 9.17) is 9.47 Å².